The Bertz CT molecular complexity index is 490. The first-order chi connectivity index (χ1) is 8.70. The van der Waals surface area contributed by atoms with Crippen molar-refractivity contribution < 1.29 is 0 Å². The van der Waals surface area contributed by atoms with Crippen LogP contribution in [0, 0.1) is 0 Å². The maximum Gasteiger partial charge on any atom is 0.225 e. The number of nitrogens with two attached hydrogens (primary N) is 1. The second kappa shape index (κ2) is 5.59. The molecule has 0 fully saturated rings. The van der Waals surface area contributed by atoms with E-state index in [0.717, 1.165) is 17.8 Å². The van der Waals surface area contributed by atoms with Crippen LogP contribution in [0.1, 0.15) is 11.4 Å². The lowest BCUT2D eigenvalue weighted by atomic mass is 10.2. The van der Waals surface area contributed by atoms with Crippen molar-refractivity contribution in [2.24, 2.45) is 12.8 Å². The summed E-state index contributed by atoms with van der Waals surface area (Å²) in [6, 6.07) is 0. The first-order valence-electron chi connectivity index (χ1n) is 5.89. The molecule has 6 heteroatoms. The third kappa shape index (κ3) is 2.84. The Balaban J connectivity index is 2.04. The average Bonchev–Trinajstić information content (AvgIpc) is 2.76. The Morgan fingerprint density at radius 1 is 1.28 bits per heavy atom. The lowest BCUT2D eigenvalue weighted by Crippen LogP contribution is -2.21. The number of aromatic nitrogens is 4. The van der Waals surface area contributed by atoms with Crippen molar-refractivity contribution in [2.75, 3.05) is 18.5 Å². The highest BCUT2D eigenvalue weighted by Crippen LogP contribution is 2.08. The summed E-state index contributed by atoms with van der Waals surface area (Å²) in [6.45, 7) is 1.30. The summed E-state index contributed by atoms with van der Waals surface area (Å²) < 4.78 is 1.99. The van der Waals surface area contributed by atoms with E-state index in [9.17, 15) is 0 Å². The molecule has 2 heterocycles. The number of nitrogens with zero attached hydrogens (tertiary/aromatic N) is 5. The largest absolute Gasteiger partial charge is 0.337 e. The molecule has 0 saturated heterocycles. The number of anilines is 1. The van der Waals surface area contributed by atoms with Crippen molar-refractivity contribution in [1.82, 2.24) is 19.5 Å². The number of rotatable bonds is 5. The fourth-order valence-corrected chi connectivity index (χ4v) is 1.67. The lowest BCUT2D eigenvalue weighted by molar-refractivity contribution is 0.745. The van der Waals surface area contributed by atoms with Gasteiger partial charge in [-0.1, -0.05) is 0 Å². The van der Waals surface area contributed by atoms with E-state index in [4.69, 9.17) is 5.73 Å². The quantitative estimate of drug-likeness (QED) is 0.824. The third-order valence-electron chi connectivity index (χ3n) is 2.77. The zero-order valence-electron chi connectivity index (χ0n) is 10.7. The fourth-order valence-electron chi connectivity index (χ4n) is 1.67. The molecule has 6 nitrogen and oxygen atoms in total. The first-order valence-corrected chi connectivity index (χ1v) is 5.89. The highest BCUT2D eigenvalue weighted by molar-refractivity contribution is 5.28. The van der Waals surface area contributed by atoms with Gasteiger partial charge in [-0.05, 0) is 18.5 Å². The van der Waals surface area contributed by atoms with E-state index in [2.05, 4.69) is 15.0 Å². The van der Waals surface area contributed by atoms with Gasteiger partial charge in [0.25, 0.3) is 0 Å². The van der Waals surface area contributed by atoms with E-state index in [1.54, 1.807) is 6.20 Å². The molecular weight excluding hydrogens is 228 g/mol. The average molecular weight is 246 g/mol. The number of hydrogen-bond acceptors (Lipinski definition) is 5. The predicted octanol–water partition coefficient (Wildman–Crippen LogP) is 0.348. The van der Waals surface area contributed by atoms with Crippen molar-refractivity contribution in [1.29, 1.82) is 0 Å². The topological polar surface area (TPSA) is 72.9 Å². The van der Waals surface area contributed by atoms with Crippen LogP contribution in [0.2, 0.25) is 0 Å². The number of aryl methyl sites for hydroxylation is 1. The summed E-state index contributed by atoms with van der Waals surface area (Å²) in [7, 11) is 3.92. The zero-order chi connectivity index (χ0) is 13.0. The van der Waals surface area contributed by atoms with Gasteiger partial charge < -0.3 is 15.2 Å². The number of imidazole rings is 1. The molecule has 0 aliphatic rings. The van der Waals surface area contributed by atoms with Gasteiger partial charge in [0.15, 0.2) is 0 Å². The second-order valence-electron chi connectivity index (χ2n) is 4.24. The van der Waals surface area contributed by atoms with Crippen molar-refractivity contribution in [3.8, 4) is 0 Å². The monoisotopic (exact) mass is 246 g/mol. The Labute approximate surface area is 106 Å². The van der Waals surface area contributed by atoms with Gasteiger partial charge >= 0.3 is 0 Å². The first kappa shape index (κ1) is 12.5. The Hall–Kier alpha value is -1.95. The highest BCUT2D eigenvalue weighted by Gasteiger charge is 2.07. The summed E-state index contributed by atoms with van der Waals surface area (Å²) in [5.41, 5.74) is 6.55. The minimum absolute atomic E-state index is 0.617. The van der Waals surface area contributed by atoms with Gasteiger partial charge in [0.1, 0.15) is 5.82 Å². The van der Waals surface area contributed by atoms with E-state index in [-0.39, 0.29) is 0 Å². The molecule has 0 spiro atoms. The molecule has 0 aromatic carbocycles. The van der Waals surface area contributed by atoms with E-state index in [0.29, 0.717) is 19.0 Å². The van der Waals surface area contributed by atoms with Crippen LogP contribution in [0.5, 0.6) is 0 Å². The highest BCUT2D eigenvalue weighted by atomic mass is 15.2. The van der Waals surface area contributed by atoms with Gasteiger partial charge in [0, 0.05) is 38.9 Å². The van der Waals surface area contributed by atoms with Crippen molar-refractivity contribution >= 4 is 5.95 Å². The zero-order valence-corrected chi connectivity index (χ0v) is 10.7. The van der Waals surface area contributed by atoms with Gasteiger partial charge in [-0.2, -0.15) is 0 Å². The molecule has 0 saturated carbocycles. The SMILES string of the molecule is CN(Cc1nccn1C)c1ncc(CCN)cn1. The molecular formula is C12H18N6. The van der Waals surface area contributed by atoms with Crippen LogP contribution in [-0.4, -0.2) is 33.1 Å². The van der Waals surface area contributed by atoms with Crippen LogP contribution in [0.15, 0.2) is 24.8 Å². The number of hydrogen-bond donors (Lipinski definition) is 1. The van der Waals surface area contributed by atoms with Gasteiger partial charge in [0.05, 0.1) is 6.54 Å². The molecule has 96 valence electrons. The van der Waals surface area contributed by atoms with E-state index >= 15 is 0 Å². The standard InChI is InChI=1S/C12H18N6/c1-17-6-5-14-11(17)9-18(2)12-15-7-10(3-4-13)8-16-12/h5-8H,3-4,9,13H2,1-2H3. The predicted molar refractivity (Wildman–Crippen MR) is 70.1 cm³/mol. The van der Waals surface area contributed by atoms with Crippen molar-refractivity contribution in [3.63, 3.8) is 0 Å². The summed E-state index contributed by atoms with van der Waals surface area (Å²) >= 11 is 0. The Morgan fingerprint density at radius 3 is 2.56 bits per heavy atom. The van der Waals surface area contributed by atoms with Gasteiger partial charge in [-0.15, -0.1) is 0 Å². The van der Waals surface area contributed by atoms with E-state index in [1.807, 2.05) is 42.2 Å². The molecule has 0 aliphatic carbocycles. The van der Waals surface area contributed by atoms with Crippen LogP contribution < -0.4 is 10.6 Å². The maximum absolute atomic E-state index is 5.49. The minimum Gasteiger partial charge on any atom is -0.337 e. The molecule has 0 unspecified atom stereocenters. The van der Waals surface area contributed by atoms with Crippen LogP contribution in [-0.2, 0) is 20.0 Å². The lowest BCUT2D eigenvalue weighted by Gasteiger charge is -2.16. The molecule has 2 rings (SSSR count). The van der Waals surface area contributed by atoms with Crippen LogP contribution in [0.3, 0.4) is 0 Å². The van der Waals surface area contributed by atoms with Crippen LogP contribution in [0.25, 0.3) is 0 Å². The van der Waals surface area contributed by atoms with E-state index in [1.165, 1.54) is 0 Å². The van der Waals surface area contributed by atoms with E-state index < -0.39 is 0 Å². The molecule has 0 radical (unpaired) electrons. The molecule has 0 amide bonds. The summed E-state index contributed by atoms with van der Waals surface area (Å²) in [6.07, 6.45) is 8.17. The van der Waals surface area contributed by atoms with Gasteiger partial charge in [0.2, 0.25) is 5.95 Å². The summed E-state index contributed by atoms with van der Waals surface area (Å²) in [4.78, 5) is 14.9. The molecule has 0 bridgehead atoms. The molecule has 0 aliphatic heterocycles. The molecule has 2 aromatic rings. The Kier molecular flexibility index (Phi) is 3.88. The van der Waals surface area contributed by atoms with Crippen molar-refractivity contribution in [2.45, 2.75) is 13.0 Å². The van der Waals surface area contributed by atoms with Crippen LogP contribution in [0.4, 0.5) is 5.95 Å². The second-order valence-corrected chi connectivity index (χ2v) is 4.24. The fraction of sp³-hybridized carbons (Fsp3) is 0.417. The molecule has 18 heavy (non-hydrogen) atoms. The van der Waals surface area contributed by atoms with Gasteiger partial charge in [-0.3, -0.25) is 0 Å². The normalized spacial score (nSPS) is 10.6. The van der Waals surface area contributed by atoms with Crippen molar-refractivity contribution in [3.05, 3.63) is 36.2 Å². The summed E-state index contributed by atoms with van der Waals surface area (Å²) in [5.74, 6) is 1.67. The molecule has 2 N–H and O–H groups in total. The smallest absolute Gasteiger partial charge is 0.225 e. The third-order valence-corrected chi connectivity index (χ3v) is 2.77. The minimum atomic E-state index is 0.617. The summed E-state index contributed by atoms with van der Waals surface area (Å²) in [5, 5.41) is 0. The van der Waals surface area contributed by atoms with Crippen LogP contribution >= 0.6 is 0 Å². The molecule has 2 aromatic heterocycles. The maximum atomic E-state index is 5.49. The molecule has 0 atom stereocenters. The van der Waals surface area contributed by atoms with Gasteiger partial charge in [-0.25, -0.2) is 15.0 Å². The Morgan fingerprint density at radius 2 is 2.00 bits per heavy atom.